The molecule has 0 heterocycles. The molecule has 4 aliphatic carbocycles. The van der Waals surface area contributed by atoms with E-state index < -0.39 is 0 Å². The normalized spacial score (nSPS) is 23.5. The molecule has 2 atom stereocenters. The molecule has 0 bridgehead atoms. The molecule has 0 saturated heterocycles. The van der Waals surface area contributed by atoms with Gasteiger partial charge >= 0.3 is 0 Å². The summed E-state index contributed by atoms with van der Waals surface area (Å²) >= 11 is 0. The van der Waals surface area contributed by atoms with Gasteiger partial charge in [0, 0.05) is 27.6 Å². The van der Waals surface area contributed by atoms with E-state index in [0.29, 0.717) is 11.8 Å². The van der Waals surface area contributed by atoms with Crippen molar-refractivity contribution in [2.75, 3.05) is 4.90 Å². The number of rotatable bonds is 6. The lowest BCUT2D eigenvalue weighted by molar-refractivity contribution is 0.0905. The predicted molar refractivity (Wildman–Crippen MR) is 220 cm³/mol. The first-order valence-electron chi connectivity index (χ1n) is 20.4. The summed E-state index contributed by atoms with van der Waals surface area (Å²) in [7, 11) is 0. The van der Waals surface area contributed by atoms with Crippen LogP contribution in [0.15, 0.2) is 127 Å². The zero-order valence-corrected chi connectivity index (χ0v) is 31.2. The summed E-state index contributed by atoms with van der Waals surface area (Å²) < 4.78 is 0. The molecule has 6 aromatic carbocycles. The van der Waals surface area contributed by atoms with Gasteiger partial charge in [-0.05, 0) is 124 Å². The fourth-order valence-electron chi connectivity index (χ4n) is 12.2. The Morgan fingerprint density at radius 2 is 1.12 bits per heavy atom. The Labute approximate surface area is 310 Å². The van der Waals surface area contributed by atoms with Gasteiger partial charge < -0.3 is 4.90 Å². The Hall–Kier alpha value is -4.62. The molecule has 52 heavy (non-hydrogen) atoms. The van der Waals surface area contributed by atoms with E-state index in [1.807, 2.05) is 0 Å². The first-order valence-corrected chi connectivity index (χ1v) is 20.4. The van der Waals surface area contributed by atoms with Crippen molar-refractivity contribution in [1.29, 1.82) is 0 Å². The lowest BCUT2D eigenvalue weighted by atomic mass is 9.52. The van der Waals surface area contributed by atoms with E-state index >= 15 is 0 Å². The Morgan fingerprint density at radius 3 is 1.87 bits per heavy atom. The fourth-order valence-corrected chi connectivity index (χ4v) is 12.2. The van der Waals surface area contributed by atoms with Crippen LogP contribution in [0.25, 0.3) is 33.0 Å². The lowest BCUT2D eigenvalue weighted by Gasteiger charge is -2.51. The lowest BCUT2D eigenvalue weighted by Crippen LogP contribution is -2.47. The molecule has 6 aromatic rings. The van der Waals surface area contributed by atoms with Crippen LogP contribution in [0, 0.1) is 17.8 Å². The smallest absolute Gasteiger partial charge is 0.0540 e. The molecule has 0 aliphatic heterocycles. The maximum absolute atomic E-state index is 2.59. The number of nitrogens with zero attached hydrogens (tertiary/aromatic N) is 1. The van der Waals surface area contributed by atoms with E-state index in [9.17, 15) is 0 Å². The highest BCUT2D eigenvalue weighted by atomic mass is 15.1. The molecule has 1 heteroatoms. The van der Waals surface area contributed by atoms with Crippen molar-refractivity contribution < 1.29 is 0 Å². The second kappa shape index (κ2) is 12.2. The van der Waals surface area contributed by atoms with Crippen LogP contribution in [0.3, 0.4) is 0 Å². The minimum Gasteiger partial charge on any atom is -0.310 e. The van der Waals surface area contributed by atoms with Crippen LogP contribution in [-0.2, 0) is 10.8 Å². The third kappa shape index (κ3) is 4.35. The number of benzene rings is 6. The quantitative estimate of drug-likeness (QED) is 0.170. The summed E-state index contributed by atoms with van der Waals surface area (Å²) in [5.74, 6) is 2.13. The summed E-state index contributed by atoms with van der Waals surface area (Å²) in [6, 6.07) is 49.6. The van der Waals surface area contributed by atoms with Crippen LogP contribution in [0.1, 0.15) is 101 Å². The highest BCUT2D eigenvalue weighted by Crippen LogP contribution is 2.64. The van der Waals surface area contributed by atoms with E-state index in [0.717, 1.165) is 5.92 Å². The average molecular weight is 678 g/mol. The SMILES string of the molecule is CCC1CC(CC)C2(c3ccccc3-c3cc(N(c4ccc5c(c4)C4(CCCC4)c4ccccc4-5)c4cccc5ccccc45)ccc32)C(CC)C1. The van der Waals surface area contributed by atoms with Gasteiger partial charge in [0.05, 0.1) is 5.69 Å². The molecule has 10 rings (SSSR count). The van der Waals surface area contributed by atoms with E-state index in [1.165, 1.54) is 113 Å². The molecule has 0 amide bonds. The molecule has 0 N–H and O–H groups in total. The average Bonchev–Trinajstić information content (AvgIpc) is 3.89. The van der Waals surface area contributed by atoms with Gasteiger partial charge in [0.15, 0.2) is 0 Å². The maximum Gasteiger partial charge on any atom is 0.0540 e. The molecule has 2 saturated carbocycles. The van der Waals surface area contributed by atoms with Crippen LogP contribution in [0.2, 0.25) is 0 Å². The van der Waals surface area contributed by atoms with E-state index in [-0.39, 0.29) is 10.8 Å². The third-order valence-corrected chi connectivity index (χ3v) is 14.4. The molecule has 0 radical (unpaired) electrons. The molecular formula is C51H51N. The van der Waals surface area contributed by atoms with E-state index in [1.54, 1.807) is 16.7 Å². The van der Waals surface area contributed by atoms with Gasteiger partial charge in [0.2, 0.25) is 0 Å². The van der Waals surface area contributed by atoms with E-state index in [2.05, 4.69) is 153 Å². The van der Waals surface area contributed by atoms with Crippen LogP contribution in [-0.4, -0.2) is 0 Å². The predicted octanol–water partition coefficient (Wildman–Crippen LogP) is 14.3. The van der Waals surface area contributed by atoms with Crippen LogP contribution >= 0.6 is 0 Å². The Morgan fingerprint density at radius 1 is 0.519 bits per heavy atom. The summed E-state index contributed by atoms with van der Waals surface area (Å²) in [5.41, 5.74) is 16.0. The number of fused-ring (bicyclic) bond motifs is 11. The molecule has 4 aliphatic rings. The number of hydrogen-bond acceptors (Lipinski definition) is 1. The molecular weight excluding hydrogens is 627 g/mol. The zero-order chi connectivity index (χ0) is 35.0. The molecule has 1 nitrogen and oxygen atoms in total. The van der Waals surface area contributed by atoms with Gasteiger partial charge in [0.25, 0.3) is 0 Å². The van der Waals surface area contributed by atoms with Crippen LogP contribution in [0.5, 0.6) is 0 Å². The minimum absolute atomic E-state index is 0.0814. The highest BCUT2D eigenvalue weighted by Gasteiger charge is 2.55. The molecule has 0 aromatic heterocycles. The summed E-state index contributed by atoms with van der Waals surface area (Å²) in [5, 5.41) is 2.57. The minimum atomic E-state index is 0.0814. The Balaban J connectivity index is 1.20. The second-order valence-electron chi connectivity index (χ2n) is 16.5. The van der Waals surface area contributed by atoms with Crippen molar-refractivity contribution in [3.05, 3.63) is 150 Å². The van der Waals surface area contributed by atoms with Crippen LogP contribution < -0.4 is 4.90 Å². The van der Waals surface area contributed by atoms with Crippen molar-refractivity contribution in [1.82, 2.24) is 0 Å². The van der Waals surface area contributed by atoms with Gasteiger partial charge in [-0.1, -0.05) is 150 Å². The Bertz CT molecular complexity index is 2300. The molecule has 260 valence electrons. The molecule has 2 spiro atoms. The van der Waals surface area contributed by atoms with Gasteiger partial charge in [-0.2, -0.15) is 0 Å². The van der Waals surface area contributed by atoms with Crippen molar-refractivity contribution in [2.45, 2.75) is 89.4 Å². The topological polar surface area (TPSA) is 3.24 Å². The molecule has 2 unspecified atom stereocenters. The maximum atomic E-state index is 2.59. The first kappa shape index (κ1) is 32.1. The highest BCUT2D eigenvalue weighted by molar-refractivity contribution is 6.00. The Kier molecular flexibility index (Phi) is 7.54. The standard InChI is InChI=1S/C51H51N/c1-4-34-30-36(5-2)51(37(6-3)31-34)46-22-12-10-20-42(46)44-32-38(25-27-47(44)51)52(49-23-15-17-35-16-7-8-18-40(35)49)39-24-26-43-41-19-9-11-21-45(41)50(48(43)33-39)28-13-14-29-50/h7-12,15-27,32-34,36-37H,4-6,13-14,28-31H2,1-3H3. The summed E-state index contributed by atoms with van der Waals surface area (Å²) in [4.78, 5) is 2.59. The van der Waals surface area contributed by atoms with Crippen molar-refractivity contribution >= 4 is 27.8 Å². The fraction of sp³-hybridized carbons (Fsp3) is 0.333. The monoisotopic (exact) mass is 677 g/mol. The second-order valence-corrected chi connectivity index (χ2v) is 16.5. The van der Waals surface area contributed by atoms with Crippen molar-refractivity contribution in [3.63, 3.8) is 0 Å². The molecule has 2 fully saturated rings. The van der Waals surface area contributed by atoms with Gasteiger partial charge in [-0.15, -0.1) is 0 Å². The van der Waals surface area contributed by atoms with Gasteiger partial charge in [-0.3, -0.25) is 0 Å². The number of hydrogen-bond donors (Lipinski definition) is 0. The van der Waals surface area contributed by atoms with Crippen molar-refractivity contribution in [2.24, 2.45) is 17.8 Å². The summed E-state index contributed by atoms with van der Waals surface area (Å²) in [6.07, 6.45) is 11.5. The first-order chi connectivity index (χ1) is 25.6. The number of anilines is 3. The largest absolute Gasteiger partial charge is 0.310 e. The van der Waals surface area contributed by atoms with Crippen molar-refractivity contribution in [3.8, 4) is 22.3 Å². The zero-order valence-electron chi connectivity index (χ0n) is 31.2. The van der Waals surface area contributed by atoms with E-state index in [4.69, 9.17) is 0 Å². The summed E-state index contributed by atoms with van der Waals surface area (Å²) in [6.45, 7) is 7.33. The van der Waals surface area contributed by atoms with Gasteiger partial charge in [0.1, 0.15) is 0 Å². The van der Waals surface area contributed by atoms with Gasteiger partial charge in [-0.25, -0.2) is 0 Å². The third-order valence-electron chi connectivity index (χ3n) is 14.4. The van der Waals surface area contributed by atoms with Crippen LogP contribution in [0.4, 0.5) is 17.1 Å².